The average molecular weight is 220 g/mol. The molecule has 0 aliphatic carbocycles. The number of aromatic amines is 1. The largest absolute Gasteiger partial charge is 0.452 e. The van der Waals surface area contributed by atoms with Gasteiger partial charge in [-0.3, -0.25) is 5.32 Å². The van der Waals surface area contributed by atoms with Gasteiger partial charge in [0, 0.05) is 0 Å². The Labute approximate surface area is 71.6 Å². The van der Waals surface area contributed by atoms with Crippen LogP contribution in [0.4, 0.5) is 5.95 Å². The first-order chi connectivity index (χ1) is 5.15. The molecule has 0 saturated carbocycles. The second kappa shape index (κ2) is 3.00. The fourth-order valence-corrected chi connectivity index (χ4v) is 0.884. The molecule has 0 atom stereocenters. The minimum absolute atomic E-state index is 0.255. The summed E-state index contributed by atoms with van der Waals surface area (Å²) in [5.74, 6) is 0.255. The lowest BCUT2D eigenvalue weighted by Gasteiger charge is -1.91. The number of nitrogens with one attached hydrogen (secondary N) is 2. The molecule has 6 heteroatoms. The van der Waals surface area contributed by atoms with E-state index in [1.165, 1.54) is 0 Å². The molecule has 0 saturated heterocycles. The molecule has 5 nitrogen and oxygen atoms in total. The fraction of sp³-hybridized carbons (Fsp3) is 0.400. The van der Waals surface area contributed by atoms with Crippen LogP contribution >= 0.6 is 15.9 Å². The molecule has 0 spiro atoms. The first-order valence-corrected chi connectivity index (χ1v) is 3.81. The standard InChI is InChI=1S/C5H8BrN4O/c1-3-4(6)9-10(11)5(7-2)8-3/h1-2H3,(H,7,8)(H,9,11)/q+1. The van der Waals surface area contributed by atoms with Crippen molar-refractivity contribution in [2.75, 3.05) is 12.4 Å². The van der Waals surface area contributed by atoms with Gasteiger partial charge in [0.05, 0.1) is 11.6 Å². The van der Waals surface area contributed by atoms with E-state index in [4.69, 9.17) is 0 Å². The Kier molecular flexibility index (Phi) is 2.23. The van der Waals surface area contributed by atoms with Crippen LogP contribution in [-0.2, 0) is 0 Å². The first-order valence-electron chi connectivity index (χ1n) is 3.02. The molecular weight excluding hydrogens is 212 g/mol. The van der Waals surface area contributed by atoms with Crippen molar-refractivity contribution in [1.29, 1.82) is 0 Å². The Balaban J connectivity index is 3.32. The zero-order valence-corrected chi connectivity index (χ0v) is 7.77. The van der Waals surface area contributed by atoms with E-state index in [9.17, 15) is 4.91 Å². The molecule has 0 aliphatic heterocycles. The molecule has 0 fully saturated rings. The van der Waals surface area contributed by atoms with Gasteiger partial charge in [-0.1, -0.05) is 9.89 Å². The number of nitrogens with zero attached hydrogens (tertiary/aromatic N) is 2. The maximum absolute atomic E-state index is 10.9. The number of H-pyrrole nitrogens is 1. The van der Waals surface area contributed by atoms with Crippen LogP contribution in [0.5, 0.6) is 0 Å². The Morgan fingerprint density at radius 3 is 2.91 bits per heavy atom. The predicted molar refractivity (Wildman–Crippen MR) is 43.9 cm³/mol. The third-order valence-electron chi connectivity index (χ3n) is 1.21. The molecule has 60 valence electrons. The molecule has 1 rings (SSSR count). The van der Waals surface area contributed by atoms with E-state index in [1.807, 2.05) is 0 Å². The van der Waals surface area contributed by atoms with Gasteiger partial charge in [0.1, 0.15) is 5.69 Å². The lowest BCUT2D eigenvalue weighted by Crippen LogP contribution is -2.26. The molecular formula is C5H8BrN4O+. The van der Waals surface area contributed by atoms with Gasteiger partial charge in [-0.05, 0) is 22.9 Å². The lowest BCUT2D eigenvalue weighted by atomic mass is 10.5. The molecule has 0 bridgehead atoms. The van der Waals surface area contributed by atoms with Crippen molar-refractivity contribution in [2.45, 2.75) is 6.92 Å². The van der Waals surface area contributed by atoms with Crippen LogP contribution in [-0.4, -0.2) is 17.1 Å². The maximum Gasteiger partial charge on any atom is 0.452 e. The number of halogens is 1. The summed E-state index contributed by atoms with van der Waals surface area (Å²) in [6, 6.07) is 0. The molecule has 0 aromatic carbocycles. The third kappa shape index (κ3) is 1.56. The van der Waals surface area contributed by atoms with Crippen molar-refractivity contribution >= 4 is 21.9 Å². The number of hydrogen-bond acceptors (Lipinski definition) is 3. The van der Waals surface area contributed by atoms with E-state index in [-0.39, 0.29) is 5.95 Å². The van der Waals surface area contributed by atoms with Crippen molar-refractivity contribution in [3.05, 3.63) is 15.2 Å². The van der Waals surface area contributed by atoms with Gasteiger partial charge in [-0.2, -0.15) is 5.10 Å². The molecule has 2 N–H and O–H groups in total. The average Bonchev–Trinajstić information content (AvgIpc) is 1.97. The number of aromatic nitrogens is 3. The number of rotatable bonds is 1. The summed E-state index contributed by atoms with van der Waals surface area (Å²) in [5, 5.41) is 5.16. The van der Waals surface area contributed by atoms with Crippen molar-refractivity contribution in [1.82, 2.24) is 10.1 Å². The minimum atomic E-state index is 0.255. The second-order valence-electron chi connectivity index (χ2n) is 1.99. The van der Waals surface area contributed by atoms with Crippen LogP contribution < -0.4 is 9.86 Å². The van der Waals surface area contributed by atoms with Crippen molar-refractivity contribution in [2.24, 2.45) is 0 Å². The minimum Gasteiger partial charge on any atom is -0.273 e. The predicted octanol–water partition coefficient (Wildman–Crippen LogP) is 0.437. The zero-order valence-electron chi connectivity index (χ0n) is 6.18. The van der Waals surface area contributed by atoms with Gasteiger partial charge in [-0.15, -0.1) is 0 Å². The van der Waals surface area contributed by atoms with E-state index in [0.717, 1.165) is 5.69 Å². The van der Waals surface area contributed by atoms with Crippen LogP contribution in [0, 0.1) is 11.8 Å². The van der Waals surface area contributed by atoms with Gasteiger partial charge in [-0.25, -0.2) is 0 Å². The smallest absolute Gasteiger partial charge is 0.273 e. The maximum atomic E-state index is 10.9. The van der Waals surface area contributed by atoms with Gasteiger partial charge in [0.25, 0.3) is 0 Å². The third-order valence-corrected chi connectivity index (χ3v) is 1.96. The summed E-state index contributed by atoms with van der Waals surface area (Å²) in [6.07, 6.45) is 0. The molecule has 11 heavy (non-hydrogen) atoms. The molecule has 1 aromatic rings. The van der Waals surface area contributed by atoms with Crippen LogP contribution in [0.1, 0.15) is 5.69 Å². The fourth-order valence-electron chi connectivity index (χ4n) is 0.634. The summed E-state index contributed by atoms with van der Waals surface area (Å²) in [4.78, 5) is 14.9. The van der Waals surface area contributed by atoms with Crippen LogP contribution in [0.3, 0.4) is 0 Å². The van der Waals surface area contributed by atoms with E-state index < -0.39 is 0 Å². The number of hydrogen-bond donors (Lipinski definition) is 2. The van der Waals surface area contributed by atoms with Gasteiger partial charge in [0.2, 0.25) is 0 Å². The Hall–Kier alpha value is -0.910. The molecule has 1 heterocycles. The highest BCUT2D eigenvalue weighted by atomic mass is 79.9. The SMILES string of the molecule is CNc1nc(C)c(Br)[nH][n+]1=O. The molecule has 0 radical (unpaired) electrons. The molecule has 0 aliphatic rings. The quantitative estimate of drug-likeness (QED) is 0.675. The second-order valence-corrected chi connectivity index (χ2v) is 2.78. The zero-order chi connectivity index (χ0) is 8.43. The summed E-state index contributed by atoms with van der Waals surface area (Å²) in [5.41, 5.74) is 0.737. The highest BCUT2D eigenvalue weighted by molar-refractivity contribution is 9.10. The number of aryl methyl sites for hydroxylation is 1. The normalized spacial score (nSPS) is 9.73. The summed E-state index contributed by atoms with van der Waals surface area (Å²) >= 11 is 3.14. The summed E-state index contributed by atoms with van der Waals surface area (Å²) in [7, 11) is 1.64. The van der Waals surface area contributed by atoms with E-state index in [1.54, 1.807) is 14.0 Å². The first kappa shape index (κ1) is 8.19. The topological polar surface area (TPSA) is 63.7 Å². The number of anilines is 1. The highest BCUT2D eigenvalue weighted by Crippen LogP contribution is 2.07. The summed E-state index contributed by atoms with van der Waals surface area (Å²) < 4.78 is 1.14. The Morgan fingerprint density at radius 1 is 1.73 bits per heavy atom. The van der Waals surface area contributed by atoms with Crippen LogP contribution in [0.15, 0.2) is 4.60 Å². The molecule has 0 unspecified atom stereocenters. The molecule has 1 aromatic heterocycles. The Bertz CT molecular complexity index is 321. The van der Waals surface area contributed by atoms with Crippen molar-refractivity contribution in [3.8, 4) is 0 Å². The van der Waals surface area contributed by atoms with Crippen LogP contribution in [0.25, 0.3) is 0 Å². The van der Waals surface area contributed by atoms with E-state index in [0.29, 0.717) is 9.15 Å². The highest BCUT2D eigenvalue weighted by Gasteiger charge is 2.10. The van der Waals surface area contributed by atoms with Crippen molar-refractivity contribution < 1.29 is 4.54 Å². The summed E-state index contributed by atoms with van der Waals surface area (Å²) in [6.45, 7) is 1.79. The van der Waals surface area contributed by atoms with Gasteiger partial charge < -0.3 is 0 Å². The van der Waals surface area contributed by atoms with Gasteiger partial charge >= 0.3 is 5.95 Å². The van der Waals surface area contributed by atoms with Crippen LogP contribution in [0.2, 0.25) is 0 Å². The van der Waals surface area contributed by atoms with E-state index in [2.05, 4.69) is 31.3 Å². The van der Waals surface area contributed by atoms with E-state index >= 15 is 0 Å². The monoisotopic (exact) mass is 219 g/mol. The lowest BCUT2D eigenvalue weighted by molar-refractivity contribution is -0.553. The Morgan fingerprint density at radius 2 is 2.36 bits per heavy atom. The van der Waals surface area contributed by atoms with Crippen molar-refractivity contribution in [3.63, 3.8) is 0 Å². The van der Waals surface area contributed by atoms with Gasteiger partial charge in [0.15, 0.2) is 4.60 Å². The molecule has 0 amide bonds.